The second kappa shape index (κ2) is 2.44. The Morgan fingerprint density at radius 3 is 2.75 bits per heavy atom. The van der Waals surface area contributed by atoms with Crippen molar-refractivity contribution in [1.82, 2.24) is 0 Å². The third-order valence-corrected chi connectivity index (χ3v) is 1.45. The van der Waals surface area contributed by atoms with Crippen LogP contribution in [-0.4, -0.2) is 0 Å². The van der Waals surface area contributed by atoms with Crippen molar-refractivity contribution in [3.05, 3.63) is 28.9 Å². The minimum Gasteiger partial charge on any atom is -0.207 e. The van der Waals surface area contributed by atoms with Crippen molar-refractivity contribution in [3.63, 3.8) is 0 Å². The second-order valence-corrected chi connectivity index (χ2v) is 2.47. The first-order valence-corrected chi connectivity index (χ1v) is 3.14. The lowest BCUT2D eigenvalue weighted by Crippen LogP contribution is -1.81. The lowest BCUT2D eigenvalue weighted by molar-refractivity contribution is 0.658. The molecular weight excluding hydrogens is 171 g/mol. The van der Waals surface area contributed by atoms with Gasteiger partial charge in [0.1, 0.15) is 5.83 Å². The molecule has 0 aliphatic heterocycles. The van der Waals surface area contributed by atoms with Gasteiger partial charge < -0.3 is 0 Å². The highest BCUT2D eigenvalue weighted by atomic mass is 79.9. The second-order valence-electron chi connectivity index (χ2n) is 1.56. The minimum atomic E-state index is -0.153. The molecule has 1 aliphatic carbocycles. The van der Waals surface area contributed by atoms with Crippen molar-refractivity contribution in [3.8, 4) is 0 Å². The predicted molar refractivity (Wildman–Crippen MR) is 35.1 cm³/mol. The van der Waals surface area contributed by atoms with Crippen molar-refractivity contribution in [1.29, 1.82) is 0 Å². The van der Waals surface area contributed by atoms with Crippen LogP contribution in [0, 0.1) is 6.42 Å². The van der Waals surface area contributed by atoms with Crippen LogP contribution in [0.1, 0.15) is 6.42 Å². The number of hydrogen-bond acceptors (Lipinski definition) is 0. The lowest BCUT2D eigenvalue weighted by atomic mass is 10.2. The molecule has 43 valence electrons. The summed E-state index contributed by atoms with van der Waals surface area (Å²) < 4.78 is 13.0. The molecule has 8 heavy (non-hydrogen) atoms. The normalized spacial score (nSPS) is 19.8. The maximum absolute atomic E-state index is 12.2. The zero-order chi connectivity index (χ0) is 5.98. The average Bonchev–Trinajstić information content (AvgIpc) is 1.64. The molecule has 0 fully saturated rings. The van der Waals surface area contributed by atoms with E-state index in [0.29, 0.717) is 6.42 Å². The van der Waals surface area contributed by atoms with Gasteiger partial charge >= 0.3 is 0 Å². The molecular formula is C6H5BrF. The molecule has 1 radical (unpaired) electrons. The third kappa shape index (κ3) is 1.44. The molecule has 0 spiro atoms. The van der Waals surface area contributed by atoms with Crippen LogP contribution in [0.15, 0.2) is 22.5 Å². The first-order valence-electron chi connectivity index (χ1n) is 2.35. The number of halogens is 2. The van der Waals surface area contributed by atoms with E-state index in [0.717, 1.165) is 4.48 Å². The van der Waals surface area contributed by atoms with Gasteiger partial charge in [0.05, 0.1) is 0 Å². The summed E-state index contributed by atoms with van der Waals surface area (Å²) in [5, 5.41) is 0. The molecule has 0 atom stereocenters. The monoisotopic (exact) mass is 175 g/mol. The molecule has 0 aromatic carbocycles. The number of rotatable bonds is 0. The Bertz CT molecular complexity index is 147. The fourth-order valence-corrected chi connectivity index (χ4v) is 0.939. The Labute approximate surface area is 56.2 Å². The molecule has 0 N–H and O–H groups in total. The molecule has 0 unspecified atom stereocenters. The van der Waals surface area contributed by atoms with Crippen molar-refractivity contribution in [2.75, 3.05) is 0 Å². The van der Waals surface area contributed by atoms with E-state index in [-0.39, 0.29) is 5.83 Å². The molecule has 0 heterocycles. The summed E-state index contributed by atoms with van der Waals surface area (Å²) in [6.45, 7) is 0. The summed E-state index contributed by atoms with van der Waals surface area (Å²) in [5.74, 6) is -0.153. The van der Waals surface area contributed by atoms with Crippen molar-refractivity contribution in [2.24, 2.45) is 0 Å². The van der Waals surface area contributed by atoms with Crippen LogP contribution < -0.4 is 0 Å². The SMILES string of the molecule is FC1=CC[CH]C(Br)=C1. The summed E-state index contributed by atoms with van der Waals surface area (Å²) in [6.07, 6.45) is 5.58. The van der Waals surface area contributed by atoms with Crippen molar-refractivity contribution >= 4 is 15.9 Å². The van der Waals surface area contributed by atoms with Crippen LogP contribution in [0.5, 0.6) is 0 Å². The number of hydrogen-bond donors (Lipinski definition) is 0. The van der Waals surface area contributed by atoms with Gasteiger partial charge in [-0.15, -0.1) is 0 Å². The number of allylic oxidation sites excluding steroid dienone is 4. The van der Waals surface area contributed by atoms with E-state index in [1.165, 1.54) is 12.2 Å². The van der Waals surface area contributed by atoms with Gasteiger partial charge in [0, 0.05) is 10.9 Å². The fraction of sp³-hybridized carbons (Fsp3) is 0.167. The van der Waals surface area contributed by atoms with Crippen LogP contribution in [0.4, 0.5) is 4.39 Å². The summed E-state index contributed by atoms with van der Waals surface area (Å²) in [7, 11) is 0. The molecule has 0 bridgehead atoms. The van der Waals surface area contributed by atoms with Gasteiger partial charge in [-0.2, -0.15) is 0 Å². The van der Waals surface area contributed by atoms with E-state index in [9.17, 15) is 4.39 Å². The minimum absolute atomic E-state index is 0.153. The van der Waals surface area contributed by atoms with Crippen LogP contribution in [0.25, 0.3) is 0 Å². The van der Waals surface area contributed by atoms with E-state index < -0.39 is 0 Å². The van der Waals surface area contributed by atoms with Crippen LogP contribution in [0.2, 0.25) is 0 Å². The Morgan fingerprint density at radius 2 is 2.38 bits per heavy atom. The van der Waals surface area contributed by atoms with Gasteiger partial charge in [-0.3, -0.25) is 0 Å². The van der Waals surface area contributed by atoms with E-state index in [4.69, 9.17) is 0 Å². The van der Waals surface area contributed by atoms with Crippen molar-refractivity contribution < 1.29 is 4.39 Å². The molecule has 0 saturated carbocycles. The van der Waals surface area contributed by atoms with E-state index in [1.54, 1.807) is 0 Å². The van der Waals surface area contributed by atoms with Crippen LogP contribution in [0.3, 0.4) is 0 Å². The Kier molecular flexibility index (Phi) is 1.84. The standard InChI is InChI=1S/C6H5BrF/c7-5-2-1-3-6(8)4-5/h2-4H,1H2. The zero-order valence-corrected chi connectivity index (χ0v) is 5.78. The zero-order valence-electron chi connectivity index (χ0n) is 4.20. The Hall–Kier alpha value is -0.110. The van der Waals surface area contributed by atoms with E-state index >= 15 is 0 Å². The highest BCUT2D eigenvalue weighted by Gasteiger charge is 1.99. The molecule has 0 aromatic rings. The van der Waals surface area contributed by atoms with Crippen LogP contribution in [-0.2, 0) is 0 Å². The summed E-state index contributed by atoms with van der Waals surface area (Å²) in [4.78, 5) is 0. The van der Waals surface area contributed by atoms with Gasteiger partial charge in [0.2, 0.25) is 0 Å². The van der Waals surface area contributed by atoms with Gasteiger partial charge in [-0.25, -0.2) is 4.39 Å². The highest BCUT2D eigenvalue weighted by molar-refractivity contribution is 9.11. The Balaban J connectivity index is 2.69. The van der Waals surface area contributed by atoms with Gasteiger partial charge in [-0.1, -0.05) is 15.9 Å². The largest absolute Gasteiger partial charge is 0.207 e. The maximum atomic E-state index is 12.2. The van der Waals surface area contributed by atoms with E-state index in [2.05, 4.69) is 15.9 Å². The summed E-state index contributed by atoms with van der Waals surface area (Å²) >= 11 is 3.15. The lowest BCUT2D eigenvalue weighted by Gasteiger charge is -1.99. The smallest absolute Gasteiger partial charge is 0.120 e. The van der Waals surface area contributed by atoms with Gasteiger partial charge in [0.25, 0.3) is 0 Å². The molecule has 0 amide bonds. The first-order chi connectivity index (χ1) is 3.79. The fourth-order valence-electron chi connectivity index (χ4n) is 0.534. The Morgan fingerprint density at radius 1 is 1.62 bits per heavy atom. The van der Waals surface area contributed by atoms with Crippen molar-refractivity contribution in [2.45, 2.75) is 6.42 Å². The third-order valence-electron chi connectivity index (χ3n) is 0.901. The maximum Gasteiger partial charge on any atom is 0.120 e. The quantitative estimate of drug-likeness (QED) is 0.532. The molecule has 0 aromatic heterocycles. The first kappa shape index (κ1) is 6.02. The molecule has 0 saturated heterocycles. The highest BCUT2D eigenvalue weighted by Crippen LogP contribution is 2.20. The molecule has 2 heteroatoms. The molecule has 1 aliphatic rings. The predicted octanol–water partition coefficient (Wildman–Crippen LogP) is 2.73. The van der Waals surface area contributed by atoms with Gasteiger partial charge in [0.15, 0.2) is 0 Å². The van der Waals surface area contributed by atoms with Gasteiger partial charge in [-0.05, 0) is 18.6 Å². The summed E-state index contributed by atoms with van der Waals surface area (Å²) in [5.41, 5.74) is 0. The topological polar surface area (TPSA) is 0 Å². The summed E-state index contributed by atoms with van der Waals surface area (Å²) in [6, 6.07) is 0. The van der Waals surface area contributed by atoms with Crippen LogP contribution >= 0.6 is 15.9 Å². The van der Waals surface area contributed by atoms with E-state index in [1.807, 2.05) is 6.42 Å². The average molecular weight is 176 g/mol. The molecule has 0 nitrogen and oxygen atoms in total. The molecule has 1 rings (SSSR count).